The van der Waals surface area contributed by atoms with E-state index in [0.29, 0.717) is 22.7 Å². The third-order valence-corrected chi connectivity index (χ3v) is 6.87. The molecule has 1 N–H and O–H groups in total. The van der Waals surface area contributed by atoms with Gasteiger partial charge >= 0.3 is 0 Å². The molecule has 3 heterocycles. The Balaban J connectivity index is 1.56. The number of carbonyl (C=O) groups is 1. The third-order valence-electron chi connectivity index (χ3n) is 5.53. The average Bonchev–Trinajstić information content (AvgIpc) is 3.14. The summed E-state index contributed by atoms with van der Waals surface area (Å²) in [6.07, 6.45) is 0.933. The second kappa shape index (κ2) is 8.94. The van der Waals surface area contributed by atoms with E-state index in [9.17, 15) is 14.0 Å². The lowest BCUT2D eigenvalue weighted by Gasteiger charge is -2.30. The highest BCUT2D eigenvalue weighted by molar-refractivity contribution is 7.16. The van der Waals surface area contributed by atoms with Gasteiger partial charge in [0.05, 0.1) is 5.00 Å². The van der Waals surface area contributed by atoms with Gasteiger partial charge < -0.3 is 9.88 Å². The van der Waals surface area contributed by atoms with Crippen LogP contribution in [-0.2, 0) is 37.8 Å². The summed E-state index contributed by atoms with van der Waals surface area (Å²) in [5.74, 6) is -0.481. The Kier molecular flexibility index (Phi) is 6.27. The number of rotatable bonds is 5. The number of nitrogens with one attached hydrogen (secondary N) is 1. The zero-order valence-corrected chi connectivity index (χ0v) is 18.9. The summed E-state index contributed by atoms with van der Waals surface area (Å²) in [5.41, 5.74) is 2.88. The van der Waals surface area contributed by atoms with Crippen molar-refractivity contribution in [2.24, 2.45) is 7.05 Å². The lowest BCUT2D eigenvalue weighted by molar-refractivity contribution is -0.114. The van der Waals surface area contributed by atoms with Gasteiger partial charge in [-0.2, -0.15) is 0 Å². The molecule has 1 aliphatic heterocycles. The minimum atomic E-state index is -0.401. The molecule has 31 heavy (non-hydrogen) atoms. The highest BCUT2D eigenvalue weighted by Gasteiger charge is 2.22. The molecule has 4 rings (SSSR count). The molecule has 8 heteroatoms. The normalized spacial score (nSPS) is 13.8. The smallest absolute Gasteiger partial charge is 0.254 e. The number of nitrogens with zero attached hydrogens (tertiary/aromatic N) is 2. The molecule has 0 atom stereocenters. The molecule has 0 radical (unpaired) electrons. The predicted molar refractivity (Wildman–Crippen MR) is 122 cm³/mol. The van der Waals surface area contributed by atoms with Crippen LogP contribution in [0.4, 0.5) is 9.39 Å². The number of halogens is 2. The number of hydrogen-bond donors (Lipinski definition) is 1. The highest BCUT2D eigenvalue weighted by atomic mass is 35.5. The maximum Gasteiger partial charge on any atom is 0.254 e. The minimum absolute atomic E-state index is 0.0799. The van der Waals surface area contributed by atoms with Crippen molar-refractivity contribution >= 4 is 33.8 Å². The number of pyridine rings is 1. The average molecular weight is 460 g/mol. The Morgan fingerprint density at radius 1 is 1.29 bits per heavy atom. The number of thiophene rings is 1. The Bertz CT molecular complexity index is 1180. The quantitative estimate of drug-likeness (QED) is 0.617. The van der Waals surface area contributed by atoms with Gasteiger partial charge in [0.2, 0.25) is 5.91 Å². The minimum Gasteiger partial charge on any atom is -0.318 e. The third kappa shape index (κ3) is 4.74. The van der Waals surface area contributed by atoms with E-state index in [2.05, 4.69) is 10.2 Å². The molecule has 0 saturated carbocycles. The van der Waals surface area contributed by atoms with Gasteiger partial charge in [0, 0.05) is 73.2 Å². The van der Waals surface area contributed by atoms with Gasteiger partial charge in [0.15, 0.2) is 0 Å². The molecule has 2 aromatic heterocycles. The molecule has 1 amide bonds. The lowest BCUT2D eigenvalue weighted by atomic mass is 9.99. The molecule has 0 aliphatic carbocycles. The van der Waals surface area contributed by atoms with E-state index < -0.39 is 5.82 Å². The predicted octanol–water partition coefficient (Wildman–Crippen LogP) is 4.35. The maximum atomic E-state index is 14.3. The monoisotopic (exact) mass is 459 g/mol. The summed E-state index contributed by atoms with van der Waals surface area (Å²) in [4.78, 5) is 27.6. The van der Waals surface area contributed by atoms with E-state index in [0.717, 1.165) is 40.6 Å². The van der Waals surface area contributed by atoms with Crippen molar-refractivity contribution < 1.29 is 9.18 Å². The molecule has 1 aliphatic rings. The summed E-state index contributed by atoms with van der Waals surface area (Å²) >= 11 is 7.74. The van der Waals surface area contributed by atoms with Crippen molar-refractivity contribution in [3.8, 4) is 0 Å². The first kappa shape index (κ1) is 21.7. The second-order valence-electron chi connectivity index (χ2n) is 7.79. The Labute approximate surface area is 189 Å². The van der Waals surface area contributed by atoms with Crippen molar-refractivity contribution in [1.82, 2.24) is 9.47 Å². The summed E-state index contributed by atoms with van der Waals surface area (Å²) in [6.45, 7) is 3.80. The molecule has 0 unspecified atom stereocenters. The fourth-order valence-electron chi connectivity index (χ4n) is 4.04. The topological polar surface area (TPSA) is 54.3 Å². The van der Waals surface area contributed by atoms with Gasteiger partial charge in [0.25, 0.3) is 5.56 Å². The van der Waals surface area contributed by atoms with Crippen LogP contribution < -0.4 is 10.9 Å². The number of amides is 1. The molecule has 0 bridgehead atoms. The van der Waals surface area contributed by atoms with E-state index >= 15 is 0 Å². The molecular formula is C23H23ClFN3O2S. The zero-order chi connectivity index (χ0) is 22.1. The van der Waals surface area contributed by atoms with Crippen molar-refractivity contribution in [1.29, 1.82) is 0 Å². The van der Waals surface area contributed by atoms with Crippen LogP contribution in [0, 0.1) is 5.82 Å². The number of benzene rings is 1. The first-order chi connectivity index (χ1) is 14.8. The van der Waals surface area contributed by atoms with Crippen molar-refractivity contribution in [2.45, 2.75) is 32.9 Å². The molecule has 5 nitrogen and oxygen atoms in total. The van der Waals surface area contributed by atoms with Crippen LogP contribution in [0.5, 0.6) is 0 Å². The van der Waals surface area contributed by atoms with Gasteiger partial charge in [-0.05, 0) is 35.9 Å². The number of anilines is 1. The molecule has 3 aromatic rings. The maximum absolute atomic E-state index is 14.3. The summed E-state index contributed by atoms with van der Waals surface area (Å²) in [7, 11) is 1.78. The molecule has 0 spiro atoms. The summed E-state index contributed by atoms with van der Waals surface area (Å²) in [5, 5.41) is 3.98. The van der Waals surface area contributed by atoms with Crippen molar-refractivity contribution in [3.63, 3.8) is 0 Å². The number of aromatic nitrogens is 1. The molecule has 162 valence electrons. The lowest BCUT2D eigenvalue weighted by Crippen LogP contribution is -2.35. The van der Waals surface area contributed by atoms with Crippen LogP contribution >= 0.6 is 22.9 Å². The van der Waals surface area contributed by atoms with Crippen LogP contribution in [0.3, 0.4) is 0 Å². The molecule has 0 saturated heterocycles. The van der Waals surface area contributed by atoms with Crippen molar-refractivity contribution in [2.75, 3.05) is 11.9 Å². The van der Waals surface area contributed by atoms with Crippen LogP contribution in [0.25, 0.3) is 0 Å². The SMILES string of the molecule is CC(=O)Nc1ccc(CN2CCc3c(cc(Cc4c(F)cccc4Cl)c(=O)n3C)C2)s1. The summed E-state index contributed by atoms with van der Waals surface area (Å²) in [6, 6.07) is 10.4. The van der Waals surface area contributed by atoms with E-state index in [1.807, 2.05) is 18.2 Å². The first-order valence-electron chi connectivity index (χ1n) is 10.0. The summed E-state index contributed by atoms with van der Waals surface area (Å²) < 4.78 is 16.0. The first-order valence-corrected chi connectivity index (χ1v) is 11.2. The van der Waals surface area contributed by atoms with Gasteiger partial charge in [0.1, 0.15) is 5.82 Å². The van der Waals surface area contributed by atoms with E-state index in [1.165, 1.54) is 13.0 Å². The largest absolute Gasteiger partial charge is 0.318 e. The Morgan fingerprint density at radius 2 is 2.10 bits per heavy atom. The van der Waals surface area contributed by atoms with Gasteiger partial charge in [-0.1, -0.05) is 17.7 Å². The standard InChI is InChI=1S/C23H23ClFN3O2S/c1-14(29)26-22-7-6-17(31-22)13-28-9-8-21-16(12-28)10-15(23(30)27(21)2)11-18-19(24)4-3-5-20(18)25/h3-7,10H,8-9,11-13H2,1-2H3,(H,26,29). The molecular weight excluding hydrogens is 437 g/mol. The van der Waals surface area contributed by atoms with Gasteiger partial charge in [-0.25, -0.2) is 4.39 Å². The van der Waals surface area contributed by atoms with E-state index in [4.69, 9.17) is 11.6 Å². The number of hydrogen-bond acceptors (Lipinski definition) is 4. The fraction of sp³-hybridized carbons (Fsp3) is 0.304. The Morgan fingerprint density at radius 3 is 2.84 bits per heavy atom. The zero-order valence-electron chi connectivity index (χ0n) is 17.4. The molecule has 1 aromatic carbocycles. The Hall–Kier alpha value is -2.48. The fourth-order valence-corrected chi connectivity index (χ4v) is 5.26. The van der Waals surface area contributed by atoms with Gasteiger partial charge in [-0.15, -0.1) is 11.3 Å². The molecule has 0 fully saturated rings. The van der Waals surface area contributed by atoms with E-state index in [-0.39, 0.29) is 17.9 Å². The van der Waals surface area contributed by atoms with Gasteiger partial charge in [-0.3, -0.25) is 14.5 Å². The van der Waals surface area contributed by atoms with Crippen LogP contribution in [-0.4, -0.2) is 21.9 Å². The number of carbonyl (C=O) groups excluding carboxylic acids is 1. The second-order valence-corrected chi connectivity index (χ2v) is 9.37. The number of fused-ring (bicyclic) bond motifs is 1. The van der Waals surface area contributed by atoms with Crippen LogP contribution in [0.15, 0.2) is 41.2 Å². The van der Waals surface area contributed by atoms with Crippen LogP contribution in [0.2, 0.25) is 5.02 Å². The van der Waals surface area contributed by atoms with Crippen LogP contribution in [0.1, 0.15) is 34.2 Å². The highest BCUT2D eigenvalue weighted by Crippen LogP contribution is 2.27. The van der Waals surface area contributed by atoms with Crippen molar-refractivity contribution in [3.05, 3.63) is 84.9 Å². The van der Waals surface area contributed by atoms with E-state index in [1.54, 1.807) is 35.1 Å².